The number of benzene rings is 1. The monoisotopic (exact) mass is 260 g/mol. The Morgan fingerprint density at radius 2 is 2.05 bits per heavy atom. The SMILES string of the molecule is COC[C@@H]1C[C@H](OC)CN1Cc1ccc(C#N)cc1. The van der Waals surface area contributed by atoms with Gasteiger partial charge in [-0.05, 0) is 24.1 Å². The van der Waals surface area contributed by atoms with Crippen LogP contribution in [0.25, 0.3) is 0 Å². The molecular weight excluding hydrogens is 240 g/mol. The fourth-order valence-corrected chi connectivity index (χ4v) is 2.59. The second-order valence-electron chi connectivity index (χ2n) is 4.94. The Hall–Kier alpha value is -1.41. The lowest BCUT2D eigenvalue weighted by atomic mass is 10.1. The van der Waals surface area contributed by atoms with Crippen LogP contribution in [0, 0.1) is 11.3 Å². The number of nitriles is 1. The molecule has 0 N–H and O–H groups in total. The van der Waals surface area contributed by atoms with Gasteiger partial charge in [0.1, 0.15) is 0 Å². The van der Waals surface area contributed by atoms with Gasteiger partial charge in [0.15, 0.2) is 0 Å². The highest BCUT2D eigenvalue weighted by Gasteiger charge is 2.31. The molecule has 4 heteroatoms. The third-order valence-electron chi connectivity index (χ3n) is 3.65. The summed E-state index contributed by atoms with van der Waals surface area (Å²) in [6.07, 6.45) is 1.30. The summed E-state index contributed by atoms with van der Waals surface area (Å²) in [5.41, 5.74) is 1.92. The summed E-state index contributed by atoms with van der Waals surface area (Å²) in [6.45, 7) is 2.54. The van der Waals surface area contributed by atoms with E-state index in [0.717, 1.165) is 26.1 Å². The van der Waals surface area contributed by atoms with Crippen molar-refractivity contribution in [2.24, 2.45) is 0 Å². The summed E-state index contributed by atoms with van der Waals surface area (Å²) >= 11 is 0. The summed E-state index contributed by atoms with van der Waals surface area (Å²) in [5.74, 6) is 0. The first-order valence-electron chi connectivity index (χ1n) is 6.51. The second kappa shape index (κ2) is 6.67. The minimum Gasteiger partial charge on any atom is -0.383 e. The lowest BCUT2D eigenvalue weighted by molar-refractivity contribution is 0.106. The third-order valence-corrected chi connectivity index (χ3v) is 3.65. The van der Waals surface area contributed by atoms with E-state index in [0.29, 0.717) is 17.7 Å². The lowest BCUT2D eigenvalue weighted by Gasteiger charge is -2.23. The molecule has 0 aromatic heterocycles. The van der Waals surface area contributed by atoms with E-state index in [1.54, 1.807) is 14.2 Å². The van der Waals surface area contributed by atoms with Crippen LogP contribution in [-0.4, -0.2) is 44.4 Å². The summed E-state index contributed by atoms with van der Waals surface area (Å²) in [4.78, 5) is 2.39. The Morgan fingerprint density at radius 3 is 2.63 bits per heavy atom. The number of ether oxygens (including phenoxy) is 2. The fraction of sp³-hybridized carbons (Fsp3) is 0.533. The van der Waals surface area contributed by atoms with Gasteiger partial charge < -0.3 is 9.47 Å². The minimum absolute atomic E-state index is 0.290. The molecule has 0 amide bonds. The Kier molecular flexibility index (Phi) is 4.92. The van der Waals surface area contributed by atoms with E-state index >= 15 is 0 Å². The Balaban J connectivity index is 2.01. The van der Waals surface area contributed by atoms with E-state index in [2.05, 4.69) is 11.0 Å². The first-order chi connectivity index (χ1) is 9.26. The van der Waals surface area contributed by atoms with Crippen molar-refractivity contribution < 1.29 is 9.47 Å². The molecule has 2 rings (SSSR count). The van der Waals surface area contributed by atoms with E-state index in [-0.39, 0.29) is 0 Å². The first-order valence-corrected chi connectivity index (χ1v) is 6.51. The maximum absolute atomic E-state index is 8.80. The van der Waals surface area contributed by atoms with Crippen molar-refractivity contribution in [2.45, 2.75) is 25.1 Å². The number of hydrogen-bond acceptors (Lipinski definition) is 4. The number of methoxy groups -OCH3 is 2. The Bertz CT molecular complexity index is 438. The fourth-order valence-electron chi connectivity index (χ4n) is 2.59. The molecule has 1 aromatic rings. The molecule has 4 nitrogen and oxygen atoms in total. The molecule has 0 saturated carbocycles. The molecule has 0 bridgehead atoms. The van der Waals surface area contributed by atoms with Crippen molar-refractivity contribution in [3.05, 3.63) is 35.4 Å². The molecule has 2 atom stereocenters. The van der Waals surface area contributed by atoms with Gasteiger partial charge in [0.2, 0.25) is 0 Å². The standard InChI is InChI=1S/C15H20N2O2/c1-18-11-14-7-15(19-2)10-17(14)9-13-5-3-12(8-16)4-6-13/h3-6,14-15H,7,9-11H2,1-2H3/t14-,15-/m0/s1. The van der Waals surface area contributed by atoms with E-state index < -0.39 is 0 Å². The van der Waals surface area contributed by atoms with Gasteiger partial charge in [0.25, 0.3) is 0 Å². The average molecular weight is 260 g/mol. The quantitative estimate of drug-likeness (QED) is 0.809. The predicted molar refractivity (Wildman–Crippen MR) is 72.6 cm³/mol. The lowest BCUT2D eigenvalue weighted by Crippen LogP contribution is -2.32. The zero-order valence-corrected chi connectivity index (χ0v) is 11.5. The number of hydrogen-bond donors (Lipinski definition) is 0. The van der Waals surface area contributed by atoms with Crippen LogP contribution >= 0.6 is 0 Å². The van der Waals surface area contributed by atoms with Crippen LogP contribution in [0.15, 0.2) is 24.3 Å². The van der Waals surface area contributed by atoms with E-state index in [9.17, 15) is 0 Å². The molecule has 1 aromatic carbocycles. The molecule has 1 fully saturated rings. The van der Waals surface area contributed by atoms with Crippen molar-refractivity contribution in [3.63, 3.8) is 0 Å². The van der Waals surface area contributed by atoms with Crippen molar-refractivity contribution in [3.8, 4) is 6.07 Å². The number of rotatable bonds is 5. The zero-order chi connectivity index (χ0) is 13.7. The Labute approximate surface area is 114 Å². The maximum atomic E-state index is 8.80. The van der Waals surface area contributed by atoms with E-state index in [1.807, 2.05) is 24.3 Å². The van der Waals surface area contributed by atoms with Gasteiger partial charge in [-0.15, -0.1) is 0 Å². The normalized spacial score (nSPS) is 23.4. The van der Waals surface area contributed by atoms with Gasteiger partial charge in [0.05, 0.1) is 24.3 Å². The molecule has 1 aliphatic heterocycles. The Morgan fingerprint density at radius 1 is 1.32 bits per heavy atom. The van der Waals surface area contributed by atoms with Crippen molar-refractivity contribution in [1.82, 2.24) is 4.90 Å². The number of nitrogens with zero attached hydrogens (tertiary/aromatic N) is 2. The summed E-state index contributed by atoms with van der Waals surface area (Å²) < 4.78 is 10.7. The van der Waals surface area contributed by atoms with Gasteiger partial charge in [-0.1, -0.05) is 12.1 Å². The van der Waals surface area contributed by atoms with Crippen LogP contribution in [0.1, 0.15) is 17.5 Å². The van der Waals surface area contributed by atoms with Crippen LogP contribution in [0.2, 0.25) is 0 Å². The molecule has 1 saturated heterocycles. The van der Waals surface area contributed by atoms with Gasteiger partial charge in [0, 0.05) is 33.4 Å². The van der Waals surface area contributed by atoms with Crippen LogP contribution < -0.4 is 0 Å². The van der Waals surface area contributed by atoms with E-state index in [1.165, 1.54) is 5.56 Å². The third kappa shape index (κ3) is 3.54. The summed E-state index contributed by atoms with van der Waals surface area (Å²) in [6, 6.07) is 10.3. The molecule has 1 heterocycles. The highest BCUT2D eigenvalue weighted by molar-refractivity contribution is 5.31. The summed E-state index contributed by atoms with van der Waals surface area (Å²) in [5, 5.41) is 8.80. The number of likely N-dealkylation sites (tertiary alicyclic amines) is 1. The molecule has 19 heavy (non-hydrogen) atoms. The highest BCUT2D eigenvalue weighted by atomic mass is 16.5. The molecule has 0 unspecified atom stereocenters. The van der Waals surface area contributed by atoms with Crippen molar-refractivity contribution in [2.75, 3.05) is 27.4 Å². The van der Waals surface area contributed by atoms with Crippen molar-refractivity contribution >= 4 is 0 Å². The van der Waals surface area contributed by atoms with Crippen LogP contribution in [0.4, 0.5) is 0 Å². The smallest absolute Gasteiger partial charge is 0.0991 e. The highest BCUT2D eigenvalue weighted by Crippen LogP contribution is 2.22. The first kappa shape index (κ1) is 14.0. The molecule has 0 aliphatic carbocycles. The molecule has 0 radical (unpaired) electrons. The second-order valence-corrected chi connectivity index (χ2v) is 4.94. The van der Waals surface area contributed by atoms with Gasteiger partial charge >= 0.3 is 0 Å². The van der Waals surface area contributed by atoms with Gasteiger partial charge in [-0.25, -0.2) is 0 Å². The summed E-state index contributed by atoms with van der Waals surface area (Å²) in [7, 11) is 3.50. The minimum atomic E-state index is 0.290. The zero-order valence-electron chi connectivity index (χ0n) is 11.5. The van der Waals surface area contributed by atoms with E-state index in [4.69, 9.17) is 14.7 Å². The molecule has 0 spiro atoms. The van der Waals surface area contributed by atoms with Crippen LogP contribution in [-0.2, 0) is 16.0 Å². The van der Waals surface area contributed by atoms with Crippen LogP contribution in [0.5, 0.6) is 0 Å². The molecule has 102 valence electrons. The molecule has 1 aliphatic rings. The largest absolute Gasteiger partial charge is 0.383 e. The maximum Gasteiger partial charge on any atom is 0.0991 e. The van der Waals surface area contributed by atoms with Gasteiger partial charge in [-0.2, -0.15) is 5.26 Å². The van der Waals surface area contributed by atoms with Crippen molar-refractivity contribution in [1.29, 1.82) is 5.26 Å². The molecular formula is C15H20N2O2. The van der Waals surface area contributed by atoms with Gasteiger partial charge in [-0.3, -0.25) is 4.90 Å². The predicted octanol–water partition coefficient (Wildman–Crippen LogP) is 1.79. The van der Waals surface area contributed by atoms with Crippen LogP contribution in [0.3, 0.4) is 0 Å². The topological polar surface area (TPSA) is 45.5 Å². The average Bonchev–Trinajstić information content (AvgIpc) is 2.82.